The van der Waals surface area contributed by atoms with E-state index in [0.29, 0.717) is 0 Å². The lowest BCUT2D eigenvalue weighted by Gasteiger charge is -2.26. The maximum Gasteiger partial charge on any atom is 0.0480 e. The van der Waals surface area contributed by atoms with Crippen molar-refractivity contribution >= 4 is 0 Å². The van der Waals surface area contributed by atoms with Crippen molar-refractivity contribution in [1.29, 1.82) is 0 Å². The van der Waals surface area contributed by atoms with Crippen LogP contribution >= 0.6 is 0 Å². The molecule has 0 unspecified atom stereocenters. The zero-order valence-corrected chi connectivity index (χ0v) is 6.19. The fraction of sp³-hybridized carbons (Fsp3) is 1.00. The minimum atomic E-state index is 1.10. The Balaban J connectivity index is 2.08. The highest BCUT2D eigenvalue weighted by Gasteiger charge is 2.06. The number of hydrogen-bond acceptors (Lipinski definition) is 2. The SMILES string of the molecule is CCCN1CCCNC1. The van der Waals surface area contributed by atoms with E-state index < -0.39 is 0 Å². The van der Waals surface area contributed by atoms with Crippen molar-refractivity contribution in [3.63, 3.8) is 0 Å². The van der Waals surface area contributed by atoms with Crippen LogP contribution in [0.1, 0.15) is 19.8 Å². The summed E-state index contributed by atoms with van der Waals surface area (Å²) < 4.78 is 0. The van der Waals surface area contributed by atoms with Crippen molar-refractivity contribution in [2.75, 3.05) is 26.3 Å². The van der Waals surface area contributed by atoms with Crippen LogP contribution in [0.15, 0.2) is 0 Å². The van der Waals surface area contributed by atoms with E-state index in [9.17, 15) is 0 Å². The van der Waals surface area contributed by atoms with Crippen LogP contribution in [0, 0.1) is 0 Å². The van der Waals surface area contributed by atoms with Gasteiger partial charge in [-0.15, -0.1) is 0 Å². The van der Waals surface area contributed by atoms with Gasteiger partial charge in [-0.2, -0.15) is 0 Å². The molecule has 1 saturated heterocycles. The molecule has 0 atom stereocenters. The van der Waals surface area contributed by atoms with Crippen molar-refractivity contribution in [2.24, 2.45) is 0 Å². The van der Waals surface area contributed by atoms with Crippen LogP contribution in [-0.2, 0) is 0 Å². The number of hydrogen-bond donors (Lipinski definition) is 1. The molecule has 54 valence electrons. The summed E-state index contributed by atoms with van der Waals surface area (Å²) in [4.78, 5) is 2.46. The van der Waals surface area contributed by atoms with E-state index in [4.69, 9.17) is 0 Å². The molecule has 1 aliphatic rings. The minimum Gasteiger partial charge on any atom is -0.304 e. The Morgan fingerprint density at radius 2 is 2.44 bits per heavy atom. The lowest BCUT2D eigenvalue weighted by atomic mass is 10.3. The molecule has 0 bridgehead atoms. The Hall–Kier alpha value is -0.0800. The highest BCUT2D eigenvalue weighted by atomic mass is 15.2. The third-order valence-corrected chi connectivity index (χ3v) is 1.70. The van der Waals surface area contributed by atoms with Crippen LogP contribution < -0.4 is 5.32 Å². The van der Waals surface area contributed by atoms with Crippen molar-refractivity contribution in [3.8, 4) is 0 Å². The third-order valence-electron chi connectivity index (χ3n) is 1.70. The normalized spacial score (nSPS) is 22.3. The Labute approximate surface area is 57.2 Å². The number of rotatable bonds is 2. The minimum absolute atomic E-state index is 1.10. The maximum absolute atomic E-state index is 3.35. The summed E-state index contributed by atoms with van der Waals surface area (Å²) in [6.07, 6.45) is 2.60. The highest BCUT2D eigenvalue weighted by molar-refractivity contribution is 4.62. The molecule has 2 heteroatoms. The standard InChI is InChI=1S/C7H16N2/c1-2-5-9-6-3-4-8-7-9/h8H,2-7H2,1H3. The van der Waals surface area contributed by atoms with Gasteiger partial charge < -0.3 is 5.32 Å². The average molecular weight is 128 g/mol. The second kappa shape index (κ2) is 3.85. The summed E-state index contributed by atoms with van der Waals surface area (Å²) in [7, 11) is 0. The molecule has 2 nitrogen and oxygen atoms in total. The van der Waals surface area contributed by atoms with Gasteiger partial charge in [0.05, 0.1) is 0 Å². The molecule has 1 heterocycles. The molecule has 1 fully saturated rings. The van der Waals surface area contributed by atoms with Crippen LogP contribution in [0.2, 0.25) is 0 Å². The fourth-order valence-corrected chi connectivity index (χ4v) is 1.25. The van der Waals surface area contributed by atoms with E-state index in [1.807, 2.05) is 0 Å². The van der Waals surface area contributed by atoms with Crippen LogP contribution in [0.4, 0.5) is 0 Å². The van der Waals surface area contributed by atoms with Crippen LogP contribution in [0.3, 0.4) is 0 Å². The summed E-state index contributed by atoms with van der Waals surface area (Å²) in [6.45, 7) is 7.09. The van der Waals surface area contributed by atoms with Crippen molar-refractivity contribution in [2.45, 2.75) is 19.8 Å². The molecule has 0 radical (unpaired) electrons. The molecule has 0 aromatic carbocycles. The Kier molecular flexibility index (Phi) is 3.01. The van der Waals surface area contributed by atoms with Gasteiger partial charge in [0.15, 0.2) is 0 Å². The zero-order valence-electron chi connectivity index (χ0n) is 6.19. The van der Waals surface area contributed by atoms with Crippen molar-refractivity contribution in [1.82, 2.24) is 10.2 Å². The topological polar surface area (TPSA) is 15.3 Å². The summed E-state index contributed by atoms with van der Waals surface area (Å²) in [5.41, 5.74) is 0. The van der Waals surface area contributed by atoms with Crippen LogP contribution in [0.25, 0.3) is 0 Å². The molecule has 0 aliphatic carbocycles. The van der Waals surface area contributed by atoms with E-state index in [2.05, 4.69) is 17.1 Å². The van der Waals surface area contributed by atoms with Gasteiger partial charge >= 0.3 is 0 Å². The lowest BCUT2D eigenvalue weighted by Crippen LogP contribution is -2.41. The summed E-state index contributed by atoms with van der Waals surface area (Å²) >= 11 is 0. The van der Waals surface area contributed by atoms with Gasteiger partial charge in [0.25, 0.3) is 0 Å². The summed E-state index contributed by atoms with van der Waals surface area (Å²) in [6, 6.07) is 0. The zero-order chi connectivity index (χ0) is 6.53. The first-order chi connectivity index (χ1) is 4.43. The largest absolute Gasteiger partial charge is 0.304 e. The first-order valence-electron chi connectivity index (χ1n) is 3.86. The highest BCUT2D eigenvalue weighted by Crippen LogP contribution is 1.95. The van der Waals surface area contributed by atoms with Gasteiger partial charge in [-0.3, -0.25) is 4.90 Å². The molecule has 0 spiro atoms. The van der Waals surface area contributed by atoms with E-state index in [-0.39, 0.29) is 0 Å². The molecule has 9 heavy (non-hydrogen) atoms. The summed E-state index contributed by atoms with van der Waals surface area (Å²) in [5.74, 6) is 0. The second-order valence-corrected chi connectivity index (χ2v) is 2.63. The predicted molar refractivity (Wildman–Crippen MR) is 39.4 cm³/mol. The second-order valence-electron chi connectivity index (χ2n) is 2.63. The monoisotopic (exact) mass is 128 g/mol. The smallest absolute Gasteiger partial charge is 0.0480 e. The van der Waals surface area contributed by atoms with Crippen LogP contribution in [-0.4, -0.2) is 31.2 Å². The van der Waals surface area contributed by atoms with Gasteiger partial charge in [0.1, 0.15) is 0 Å². The first kappa shape index (κ1) is 7.03. The van der Waals surface area contributed by atoms with Gasteiger partial charge in [-0.1, -0.05) is 6.92 Å². The molecule has 0 amide bonds. The molecular formula is C7H16N2. The van der Waals surface area contributed by atoms with Crippen molar-refractivity contribution in [3.05, 3.63) is 0 Å². The van der Waals surface area contributed by atoms with E-state index >= 15 is 0 Å². The fourth-order valence-electron chi connectivity index (χ4n) is 1.25. The van der Waals surface area contributed by atoms with Gasteiger partial charge in [-0.25, -0.2) is 0 Å². The quantitative estimate of drug-likeness (QED) is 0.587. The number of nitrogens with one attached hydrogen (secondary N) is 1. The van der Waals surface area contributed by atoms with Crippen LogP contribution in [0.5, 0.6) is 0 Å². The average Bonchev–Trinajstić information content (AvgIpc) is 1.91. The Morgan fingerprint density at radius 1 is 1.56 bits per heavy atom. The molecular weight excluding hydrogens is 112 g/mol. The van der Waals surface area contributed by atoms with Gasteiger partial charge in [-0.05, 0) is 25.9 Å². The lowest BCUT2D eigenvalue weighted by molar-refractivity contribution is 0.216. The molecule has 0 aromatic rings. The molecule has 1 rings (SSSR count). The molecule has 1 N–H and O–H groups in total. The Morgan fingerprint density at radius 3 is 3.00 bits per heavy atom. The molecule has 0 saturated carbocycles. The van der Waals surface area contributed by atoms with E-state index in [1.165, 1.54) is 32.5 Å². The van der Waals surface area contributed by atoms with E-state index in [1.54, 1.807) is 0 Å². The first-order valence-corrected chi connectivity index (χ1v) is 3.86. The number of nitrogens with zero attached hydrogens (tertiary/aromatic N) is 1. The maximum atomic E-state index is 3.35. The summed E-state index contributed by atoms with van der Waals surface area (Å²) in [5, 5.41) is 3.35. The third kappa shape index (κ3) is 2.33. The molecule has 1 aliphatic heterocycles. The molecule has 0 aromatic heterocycles. The Bertz CT molecular complexity index is 64.6. The van der Waals surface area contributed by atoms with E-state index in [0.717, 1.165) is 6.67 Å². The van der Waals surface area contributed by atoms with Gasteiger partial charge in [0, 0.05) is 13.2 Å². The predicted octanol–water partition coefficient (Wildman–Crippen LogP) is 0.649. The van der Waals surface area contributed by atoms with Crippen molar-refractivity contribution < 1.29 is 0 Å². The van der Waals surface area contributed by atoms with Gasteiger partial charge in [0.2, 0.25) is 0 Å².